The molecule has 0 aliphatic heterocycles. The first-order chi connectivity index (χ1) is 35.2. The molecule has 8 N–H and O–H groups in total. The lowest BCUT2D eigenvalue weighted by Crippen LogP contribution is -2.22. The van der Waals surface area contributed by atoms with Gasteiger partial charge >= 0.3 is 0 Å². The van der Waals surface area contributed by atoms with E-state index < -0.39 is 0 Å². The zero-order chi connectivity index (χ0) is 51.3. The average molecular weight is 983 g/mol. The van der Waals surface area contributed by atoms with Gasteiger partial charge in [-0.2, -0.15) is 15.1 Å². The topological polar surface area (TPSA) is 257 Å². The van der Waals surface area contributed by atoms with Gasteiger partial charge < -0.3 is 56.3 Å². The molecule has 2 aromatic carbocycles. The monoisotopic (exact) mass is 983 g/mol. The number of aryl methyl sites for hydroxylation is 1. The molecule has 0 fully saturated rings. The number of hydrogen-bond donors (Lipinski definition) is 5. The second-order valence-corrected chi connectivity index (χ2v) is 15.5. The van der Waals surface area contributed by atoms with Crippen molar-refractivity contribution in [3.63, 3.8) is 0 Å². The van der Waals surface area contributed by atoms with Crippen molar-refractivity contribution in [2.75, 3.05) is 66.1 Å². The second kappa shape index (κ2) is 30.4. The molecule has 8 aromatic rings. The zero-order valence-corrected chi connectivity index (χ0v) is 41.8. The fourth-order valence-corrected chi connectivity index (χ4v) is 6.19. The summed E-state index contributed by atoms with van der Waals surface area (Å²) in [6.07, 6.45) is 11.8. The van der Waals surface area contributed by atoms with E-state index in [0.29, 0.717) is 63.2 Å². The molecule has 0 aliphatic rings. The highest BCUT2D eigenvalue weighted by Gasteiger charge is 2.12. The fraction of sp³-hybridized carbons (Fsp3) is 0.288. The Labute approximate surface area is 420 Å². The van der Waals surface area contributed by atoms with Crippen molar-refractivity contribution in [1.82, 2.24) is 44.6 Å². The lowest BCUT2D eigenvalue weighted by atomic mass is 10.1. The van der Waals surface area contributed by atoms with Crippen LogP contribution in [0.5, 0.6) is 23.3 Å². The summed E-state index contributed by atoms with van der Waals surface area (Å²) in [5.41, 5.74) is 23.3. The number of aliphatic imine (C=N–C) groups is 1. The van der Waals surface area contributed by atoms with Gasteiger partial charge in [0.1, 0.15) is 37.9 Å². The maximum Gasteiger partial charge on any atom is 0.247 e. The van der Waals surface area contributed by atoms with Crippen LogP contribution in [0.15, 0.2) is 139 Å². The van der Waals surface area contributed by atoms with E-state index in [2.05, 4.69) is 59.6 Å². The number of rotatable bonds is 21. The number of likely N-dealkylation sites (N-methyl/N-ethyl adjacent to an activating group) is 1. The van der Waals surface area contributed by atoms with Crippen LogP contribution < -0.4 is 46.8 Å². The van der Waals surface area contributed by atoms with Crippen LogP contribution in [-0.2, 0) is 29.7 Å². The molecular formula is C52H66N14O6. The third-order valence-electron chi connectivity index (χ3n) is 9.55. The number of anilines is 2. The first-order valence-electron chi connectivity index (χ1n) is 23.3. The molecule has 0 saturated heterocycles. The Morgan fingerprint density at radius 3 is 1.72 bits per heavy atom. The molecule has 8 rings (SSSR count). The Bertz CT molecular complexity index is 2780. The van der Waals surface area contributed by atoms with Crippen LogP contribution in [0, 0.1) is 0 Å². The first-order valence-corrected chi connectivity index (χ1v) is 23.3. The number of nitrogens with zero attached hydrogens (tertiary/aromatic N) is 9. The standard InChI is InChI=1S/C25H25N7O3.C21H23N5O3.C3H10N2.C3H8/c1-31-16-20(15-27-31)28-25-29-24-22(4-3-11-32(24)30-25)19-6-8-21(9-7-19)35-17-18-5-10-23(26-14-18)34-13-12-33-2;1-27-11-12-28-19-9-4-15(13-25-19)14-29-17-7-5-16(6-8-17)18-3-2-10-24-20(18)26-21(22)23;1-5-3-2-4;1-3-2/h3-11,14-16H,12-13,17H2,1-2H3,(H,28,30);2-10,13H,11-12,14H2,1H3,(H4,22,23,24,26);5H,2-4H2,1H3;3H2,1-2H3. The first kappa shape index (κ1) is 54.8. The summed E-state index contributed by atoms with van der Waals surface area (Å²) in [4.78, 5) is 21.5. The third-order valence-corrected chi connectivity index (χ3v) is 9.55. The number of aromatic nitrogens is 8. The summed E-state index contributed by atoms with van der Waals surface area (Å²) >= 11 is 0. The smallest absolute Gasteiger partial charge is 0.247 e. The maximum atomic E-state index is 5.93. The van der Waals surface area contributed by atoms with Gasteiger partial charge in [-0.3, -0.25) is 4.68 Å². The van der Waals surface area contributed by atoms with Crippen LogP contribution >= 0.6 is 0 Å². The van der Waals surface area contributed by atoms with Crippen molar-refractivity contribution in [3.8, 4) is 45.5 Å². The van der Waals surface area contributed by atoms with Crippen molar-refractivity contribution >= 4 is 29.1 Å². The minimum Gasteiger partial charge on any atom is -0.489 e. The molecule has 0 bridgehead atoms. The summed E-state index contributed by atoms with van der Waals surface area (Å²) in [7, 11) is 7.01. The van der Waals surface area contributed by atoms with Crippen LogP contribution in [0.3, 0.4) is 0 Å². The number of guanidine groups is 1. The normalized spacial score (nSPS) is 10.4. The van der Waals surface area contributed by atoms with Gasteiger partial charge in [-0.15, -0.1) is 5.10 Å². The molecular weight excluding hydrogens is 917 g/mol. The highest BCUT2D eigenvalue weighted by atomic mass is 16.5. The maximum absolute atomic E-state index is 5.93. The van der Waals surface area contributed by atoms with Crippen molar-refractivity contribution in [2.24, 2.45) is 29.2 Å². The molecule has 20 nitrogen and oxygen atoms in total. The van der Waals surface area contributed by atoms with Gasteiger partial charge in [0.2, 0.25) is 17.7 Å². The molecule has 0 unspecified atom stereocenters. The molecule has 20 heteroatoms. The van der Waals surface area contributed by atoms with E-state index in [4.69, 9.17) is 45.6 Å². The van der Waals surface area contributed by atoms with Crippen molar-refractivity contribution < 1.29 is 28.4 Å². The average Bonchev–Trinajstić information content (AvgIpc) is 4.02. The number of nitrogens with one attached hydrogen (secondary N) is 2. The molecule has 0 radical (unpaired) electrons. The quantitative estimate of drug-likeness (QED) is 0.0273. The molecule has 72 heavy (non-hydrogen) atoms. The van der Waals surface area contributed by atoms with Crippen LogP contribution in [-0.4, -0.2) is 106 Å². The fourth-order valence-electron chi connectivity index (χ4n) is 6.19. The lowest BCUT2D eigenvalue weighted by molar-refractivity contribution is 0.143. The van der Waals surface area contributed by atoms with E-state index >= 15 is 0 Å². The highest BCUT2D eigenvalue weighted by molar-refractivity contribution is 5.83. The summed E-state index contributed by atoms with van der Waals surface area (Å²) < 4.78 is 36.1. The predicted octanol–water partition coefficient (Wildman–Crippen LogP) is 7.11. The van der Waals surface area contributed by atoms with Crippen LogP contribution in [0.4, 0.5) is 17.5 Å². The third kappa shape index (κ3) is 18.3. The molecule has 0 atom stereocenters. The summed E-state index contributed by atoms with van der Waals surface area (Å²) in [5, 5.41) is 14.8. The van der Waals surface area contributed by atoms with E-state index in [9.17, 15) is 0 Å². The molecule has 6 heterocycles. The number of pyridine rings is 4. The minimum atomic E-state index is -0.0337. The van der Waals surface area contributed by atoms with E-state index in [1.807, 2.05) is 124 Å². The van der Waals surface area contributed by atoms with E-state index in [1.54, 1.807) is 48.2 Å². The van der Waals surface area contributed by atoms with Gasteiger partial charge in [-0.05, 0) is 78.8 Å². The Kier molecular flexibility index (Phi) is 23.2. The van der Waals surface area contributed by atoms with Gasteiger partial charge in [0.05, 0.1) is 25.1 Å². The molecule has 0 spiro atoms. The van der Waals surface area contributed by atoms with E-state index in [1.165, 1.54) is 6.42 Å². The molecule has 380 valence electrons. The van der Waals surface area contributed by atoms with Gasteiger partial charge in [0.15, 0.2) is 17.4 Å². The van der Waals surface area contributed by atoms with Gasteiger partial charge in [0.25, 0.3) is 0 Å². The van der Waals surface area contributed by atoms with Crippen LogP contribution in [0.2, 0.25) is 0 Å². The Morgan fingerprint density at radius 2 is 1.25 bits per heavy atom. The number of benzene rings is 2. The minimum absolute atomic E-state index is 0.0337. The lowest BCUT2D eigenvalue weighted by Gasteiger charge is -2.09. The molecule has 0 saturated carbocycles. The van der Waals surface area contributed by atoms with Crippen molar-refractivity contribution in [1.29, 1.82) is 0 Å². The highest BCUT2D eigenvalue weighted by Crippen LogP contribution is 2.30. The number of ether oxygens (including phenoxy) is 6. The van der Waals surface area contributed by atoms with Crippen molar-refractivity contribution in [3.05, 3.63) is 145 Å². The van der Waals surface area contributed by atoms with Crippen LogP contribution in [0.25, 0.3) is 27.9 Å². The SMILES string of the molecule is CCC.CNCCN.COCCOc1ccc(COc2ccc(-c3cccn4nc(Nc5cnn(C)c5)nc34)cc2)cn1.COCCOc1ccc(COc2ccc(-c3cccnc3N=C(N)N)cc2)cn1. The largest absolute Gasteiger partial charge is 0.489 e. The summed E-state index contributed by atoms with van der Waals surface area (Å²) in [6, 6.07) is 30.8. The Balaban J connectivity index is 0.000000236. The second-order valence-electron chi connectivity index (χ2n) is 15.5. The number of methoxy groups -OCH3 is 2. The predicted molar refractivity (Wildman–Crippen MR) is 281 cm³/mol. The van der Waals surface area contributed by atoms with Gasteiger partial charge in [0, 0.05) is 99.7 Å². The van der Waals surface area contributed by atoms with E-state index in [-0.39, 0.29) is 5.96 Å². The number of hydrogen-bond acceptors (Lipinski definition) is 16. The van der Waals surface area contributed by atoms with Crippen molar-refractivity contribution in [2.45, 2.75) is 33.5 Å². The number of fused-ring (bicyclic) bond motifs is 1. The zero-order valence-electron chi connectivity index (χ0n) is 41.8. The van der Waals surface area contributed by atoms with Crippen LogP contribution in [0.1, 0.15) is 31.4 Å². The molecule has 6 aromatic heterocycles. The Morgan fingerprint density at radius 1 is 0.681 bits per heavy atom. The molecule has 0 amide bonds. The van der Waals surface area contributed by atoms with Gasteiger partial charge in [-0.25, -0.2) is 19.5 Å². The van der Waals surface area contributed by atoms with E-state index in [0.717, 1.165) is 69.3 Å². The molecule has 0 aliphatic carbocycles. The van der Waals surface area contributed by atoms with Gasteiger partial charge in [-0.1, -0.05) is 44.5 Å². The number of nitrogens with two attached hydrogens (primary N) is 3. The Hall–Kier alpha value is -8.17. The summed E-state index contributed by atoms with van der Waals surface area (Å²) in [5.74, 6) is 3.57. The summed E-state index contributed by atoms with van der Waals surface area (Å²) in [6.45, 7) is 8.69.